The van der Waals surface area contributed by atoms with Crippen LogP contribution in [0, 0.1) is 6.92 Å². The summed E-state index contributed by atoms with van der Waals surface area (Å²) < 4.78 is 123. The molecule has 0 spiro atoms. The number of ether oxygens (including phenoxy) is 6. The third-order valence-electron chi connectivity index (χ3n) is 12.3. The Labute approximate surface area is 441 Å². The lowest BCUT2D eigenvalue weighted by Gasteiger charge is -2.27. The minimum atomic E-state index is -6.17. The first kappa shape index (κ1) is 58.7. The van der Waals surface area contributed by atoms with Crippen molar-refractivity contribution >= 4 is 76.5 Å². The molecule has 3 fully saturated rings. The molecule has 0 radical (unpaired) electrons. The molecule has 16 atom stereocenters. The maximum absolute atomic E-state index is 14.0. The van der Waals surface area contributed by atoms with E-state index in [-0.39, 0.29) is 51.1 Å². The number of nitrogens with one attached hydrogen (secondary N) is 2. The molecule has 6 aromatic heterocycles. The van der Waals surface area contributed by atoms with Crippen LogP contribution in [0.15, 0.2) is 34.9 Å². The zero-order chi connectivity index (χ0) is 57.3. The molecule has 38 nitrogen and oxygen atoms in total. The third kappa shape index (κ3) is 12.2. The molecule has 0 aromatic carbocycles. The standard InChI is InChI=1S/C37H52N14O24P4/c1-14(2)69-25-17(71-34(23(25)53)50-12-43-20-30(50)44-15(3)45-32(20)54)8-66-76(56,57)73-26-18(72-36(27(26)65-6)49-11-42-19-28(38)40-10-41-29(19)49)9-68-78(60,61)75-79(62,63)74-77(58,59)67-7-16-24(64-5)22(52)35(70-16)51-13-48(4)21-31(51)46-37(39)47-33(21)55/h10-14,16-18,22-27,34-36,52-53H,7-9H2,1-6H3,(H9-,38,39,40,41,44,45,46,47,54,55,56,57,58,59,60,61,62,63)/p+1/t16-,17-,18-,22?,23?,24+,25+,26+,27?,34-,35-,36-/m1/s1. The second kappa shape index (κ2) is 22.4. The van der Waals surface area contributed by atoms with Crippen molar-refractivity contribution in [2.75, 3.05) is 45.5 Å². The average Bonchev–Trinajstić information content (AvgIpc) is 4.40. The van der Waals surface area contributed by atoms with E-state index in [1.54, 1.807) is 13.8 Å². The molecule has 7 unspecified atom stereocenters. The highest BCUT2D eigenvalue weighted by atomic mass is 31.3. The first-order valence-electron chi connectivity index (χ1n) is 23.1. The monoisotopic (exact) mass is 1200 g/mol. The molecule has 9 rings (SSSR count). The number of aliphatic hydroxyl groups excluding tert-OH is 2. The first-order valence-corrected chi connectivity index (χ1v) is 29.1. The Morgan fingerprint density at radius 2 is 1.22 bits per heavy atom. The first-order chi connectivity index (χ1) is 37.1. The molecule has 3 aliphatic heterocycles. The van der Waals surface area contributed by atoms with Crippen molar-refractivity contribution in [1.82, 2.24) is 53.6 Å². The van der Waals surface area contributed by atoms with Gasteiger partial charge in [-0.2, -0.15) is 18.2 Å². The number of aromatic amines is 2. The van der Waals surface area contributed by atoms with Gasteiger partial charge in [0.15, 0.2) is 35.1 Å². The SMILES string of the molecule is COC1[C@@H](OP(=O)(O)OC[C@H]2O[C@@H](n3cnc4c(=O)[nH]c(C)nc43)C(O)[C@H]2OC(C)C)[C@@H](COP(=O)(O)OP(=O)(O)OP(=O)(O)OC[C@H]2O[C@@H](n3c[n+](C)c4c(=O)[nH]c(N)nc43)C(O)[C@H]2OC)O[C@H]1n1cnc2c(N)ncnc21. The fourth-order valence-corrected chi connectivity index (χ4v) is 13.6. The number of methoxy groups -OCH3 is 2. The van der Waals surface area contributed by atoms with Crippen LogP contribution in [0.1, 0.15) is 38.4 Å². The number of hydrogen-bond donors (Lipinski definition) is 10. The molecule has 0 saturated carbocycles. The number of nitrogen functional groups attached to an aromatic ring is 2. The van der Waals surface area contributed by atoms with Crippen molar-refractivity contribution in [1.29, 1.82) is 0 Å². The quantitative estimate of drug-likeness (QED) is 0.0262. The maximum atomic E-state index is 14.0. The minimum Gasteiger partial charge on any atom is -0.386 e. The second-order valence-electron chi connectivity index (χ2n) is 18.0. The predicted octanol–water partition coefficient (Wildman–Crippen LogP) is -1.90. The molecule has 0 amide bonds. The topological polar surface area (TPSA) is 514 Å². The minimum absolute atomic E-state index is 0.0279. The van der Waals surface area contributed by atoms with Crippen molar-refractivity contribution in [3.8, 4) is 0 Å². The summed E-state index contributed by atoms with van der Waals surface area (Å²) in [7, 11) is -19.5. The van der Waals surface area contributed by atoms with E-state index in [0.717, 1.165) is 20.5 Å². The number of anilines is 2. The number of aryl methyl sites for hydroxylation is 2. The van der Waals surface area contributed by atoms with Crippen LogP contribution in [0.2, 0.25) is 0 Å². The summed E-state index contributed by atoms with van der Waals surface area (Å²) in [5.74, 6) is -0.112. The molecular weight excluding hydrogens is 1150 g/mol. The fourth-order valence-electron chi connectivity index (χ4n) is 9.13. The Morgan fingerprint density at radius 1 is 0.671 bits per heavy atom. The number of hydrogen-bond acceptors (Lipinski definition) is 28. The largest absolute Gasteiger partial charge is 0.490 e. The second-order valence-corrected chi connectivity index (χ2v) is 24.1. The normalized spacial score (nSPS) is 29.6. The molecule has 3 aliphatic rings. The van der Waals surface area contributed by atoms with Crippen molar-refractivity contribution in [3.05, 3.63) is 51.8 Å². The Hall–Kier alpha value is -4.95. The van der Waals surface area contributed by atoms with Gasteiger partial charge in [-0.25, -0.2) is 47.7 Å². The van der Waals surface area contributed by atoms with Crippen LogP contribution >= 0.6 is 31.3 Å². The molecule has 9 heterocycles. The number of phosphoric ester groups is 3. The molecule has 79 heavy (non-hydrogen) atoms. The lowest BCUT2D eigenvalue weighted by Crippen LogP contribution is -2.39. The Bertz CT molecular complexity index is 3560. The van der Waals surface area contributed by atoms with Gasteiger partial charge in [-0.1, -0.05) is 0 Å². The highest BCUT2D eigenvalue weighted by molar-refractivity contribution is 7.66. The van der Waals surface area contributed by atoms with Gasteiger partial charge in [0.05, 0.1) is 45.6 Å². The molecule has 434 valence electrons. The molecule has 0 aliphatic carbocycles. The van der Waals surface area contributed by atoms with Gasteiger partial charge < -0.3 is 74.7 Å². The van der Waals surface area contributed by atoms with Gasteiger partial charge in [-0.05, 0) is 20.8 Å². The van der Waals surface area contributed by atoms with Crippen molar-refractivity contribution < 1.29 is 108 Å². The van der Waals surface area contributed by atoms with Gasteiger partial charge in [0.25, 0.3) is 16.7 Å². The van der Waals surface area contributed by atoms with Gasteiger partial charge in [0.1, 0.15) is 72.6 Å². The number of H-pyrrole nitrogens is 2. The highest BCUT2D eigenvalue weighted by Gasteiger charge is 2.54. The van der Waals surface area contributed by atoms with E-state index in [2.05, 4.69) is 48.5 Å². The van der Waals surface area contributed by atoms with E-state index < -0.39 is 142 Å². The van der Waals surface area contributed by atoms with Crippen LogP contribution in [0.3, 0.4) is 0 Å². The average molecular weight is 1200 g/mol. The van der Waals surface area contributed by atoms with Crippen LogP contribution in [0.25, 0.3) is 33.5 Å². The maximum Gasteiger partial charge on any atom is 0.490 e. The van der Waals surface area contributed by atoms with Crippen LogP contribution in [-0.2, 0) is 80.4 Å². The summed E-state index contributed by atoms with van der Waals surface area (Å²) in [6.07, 6.45) is -13.4. The molecule has 0 bridgehead atoms. The van der Waals surface area contributed by atoms with Gasteiger partial charge in [-0.15, -0.1) is 0 Å². The van der Waals surface area contributed by atoms with Crippen molar-refractivity contribution in [2.45, 2.75) is 100 Å². The van der Waals surface area contributed by atoms with Gasteiger partial charge in [-0.3, -0.25) is 41.8 Å². The number of imidazole rings is 3. The van der Waals surface area contributed by atoms with Crippen LogP contribution in [0.5, 0.6) is 0 Å². The van der Waals surface area contributed by atoms with Gasteiger partial charge in [0.2, 0.25) is 18.5 Å². The van der Waals surface area contributed by atoms with Crippen molar-refractivity contribution in [3.63, 3.8) is 0 Å². The molecule has 6 aromatic rings. The van der Waals surface area contributed by atoms with Crippen LogP contribution in [0.4, 0.5) is 11.8 Å². The van der Waals surface area contributed by atoms with E-state index in [1.807, 2.05) is 0 Å². The number of aliphatic hydroxyl groups is 2. The predicted molar refractivity (Wildman–Crippen MR) is 258 cm³/mol. The summed E-state index contributed by atoms with van der Waals surface area (Å²) in [6.45, 7) is 1.77. The number of fused-ring (bicyclic) bond motifs is 3. The lowest BCUT2D eigenvalue weighted by atomic mass is 10.1. The van der Waals surface area contributed by atoms with Gasteiger partial charge >= 0.3 is 36.9 Å². The van der Waals surface area contributed by atoms with Crippen LogP contribution in [-0.4, -0.2) is 178 Å². The zero-order valence-electron chi connectivity index (χ0n) is 41.9. The summed E-state index contributed by atoms with van der Waals surface area (Å²) in [5.41, 5.74) is 10.6. The lowest BCUT2D eigenvalue weighted by molar-refractivity contribution is -0.646. The van der Waals surface area contributed by atoms with Crippen molar-refractivity contribution in [2.24, 2.45) is 7.05 Å². The molecule has 12 N–H and O–H groups in total. The number of aromatic nitrogens is 12. The summed E-state index contributed by atoms with van der Waals surface area (Å²) >= 11 is 0. The zero-order valence-corrected chi connectivity index (χ0v) is 45.5. The number of rotatable bonds is 22. The highest BCUT2D eigenvalue weighted by Crippen LogP contribution is 2.68. The Balaban J connectivity index is 0.882. The summed E-state index contributed by atoms with van der Waals surface area (Å²) in [5, 5.41) is 22.6. The number of phosphoric acid groups is 4. The Kier molecular flexibility index (Phi) is 16.7. The smallest absolute Gasteiger partial charge is 0.386 e. The summed E-state index contributed by atoms with van der Waals surface area (Å²) in [6, 6.07) is 0. The Morgan fingerprint density at radius 3 is 1.84 bits per heavy atom. The van der Waals surface area contributed by atoms with Crippen LogP contribution < -0.4 is 27.2 Å². The number of nitrogens with two attached hydrogens (primary N) is 2. The van der Waals surface area contributed by atoms with E-state index in [0.29, 0.717) is 0 Å². The fraction of sp³-hybridized carbons (Fsp3) is 0.595. The van der Waals surface area contributed by atoms with Gasteiger partial charge in [0, 0.05) is 14.2 Å². The van der Waals surface area contributed by atoms with E-state index in [1.165, 1.54) is 51.2 Å². The van der Waals surface area contributed by atoms with E-state index >= 15 is 0 Å². The van der Waals surface area contributed by atoms with E-state index in [4.69, 9.17) is 58.0 Å². The van der Waals surface area contributed by atoms with E-state index in [9.17, 15) is 57.6 Å². The summed E-state index contributed by atoms with van der Waals surface area (Å²) in [4.78, 5) is 97.7. The number of nitrogens with zero attached hydrogens (tertiary/aromatic N) is 10. The molecule has 42 heteroatoms. The molecular formula is C37H53N14O24P4+. The third-order valence-corrected chi connectivity index (χ3v) is 17.5. The molecule has 3 saturated heterocycles.